The zero-order valence-electron chi connectivity index (χ0n) is 13.9. The maximum Gasteiger partial charge on any atom is 0.243 e. The molecule has 1 aromatic heterocycles. The van der Waals surface area contributed by atoms with Gasteiger partial charge in [-0.05, 0) is 30.7 Å². The molecule has 0 atom stereocenters. The number of carbonyl (C=O) groups excluding carboxylic acids is 2. The van der Waals surface area contributed by atoms with E-state index in [4.69, 9.17) is 0 Å². The van der Waals surface area contributed by atoms with E-state index in [2.05, 4.69) is 19.4 Å². The molecule has 0 bridgehead atoms. The fraction of sp³-hybridized carbons (Fsp3) is 0.222. The number of aromatic nitrogens is 2. The van der Waals surface area contributed by atoms with E-state index in [9.17, 15) is 9.59 Å². The van der Waals surface area contributed by atoms with E-state index in [1.165, 1.54) is 0 Å². The van der Waals surface area contributed by atoms with Gasteiger partial charge >= 0.3 is 0 Å². The molecule has 7 nitrogen and oxygen atoms in total. The van der Waals surface area contributed by atoms with Crippen LogP contribution < -0.4 is 15.5 Å². The van der Waals surface area contributed by atoms with Crippen molar-refractivity contribution in [2.75, 3.05) is 28.6 Å². The van der Waals surface area contributed by atoms with Gasteiger partial charge in [0.25, 0.3) is 0 Å². The van der Waals surface area contributed by atoms with Crippen LogP contribution in [0.5, 0.6) is 0 Å². The number of benzene rings is 2. The number of fused-ring (bicyclic) bond motifs is 1. The Morgan fingerprint density at radius 3 is 2.81 bits per heavy atom. The third-order valence-corrected chi connectivity index (χ3v) is 4.81. The number of amides is 2. The van der Waals surface area contributed by atoms with Gasteiger partial charge in [-0.25, -0.2) is 0 Å². The second-order valence-electron chi connectivity index (χ2n) is 6.01. The highest BCUT2D eigenvalue weighted by Gasteiger charge is 2.23. The van der Waals surface area contributed by atoms with E-state index in [0.717, 1.165) is 35.0 Å². The van der Waals surface area contributed by atoms with Crippen LogP contribution in [0.15, 0.2) is 42.5 Å². The average Bonchev–Trinajstić information content (AvgIpc) is 3.29. The molecule has 0 unspecified atom stereocenters. The van der Waals surface area contributed by atoms with Gasteiger partial charge < -0.3 is 15.5 Å². The van der Waals surface area contributed by atoms with E-state index in [1.54, 1.807) is 11.0 Å². The SMILES string of the molecule is O=C(CNc1ccccc1N1CCCC1=O)Nc1cccc2nsnc12. The summed E-state index contributed by atoms with van der Waals surface area (Å²) in [4.78, 5) is 26.1. The van der Waals surface area contributed by atoms with Gasteiger partial charge in [0.05, 0.1) is 35.3 Å². The maximum atomic E-state index is 12.3. The van der Waals surface area contributed by atoms with E-state index >= 15 is 0 Å². The van der Waals surface area contributed by atoms with Crippen molar-refractivity contribution in [1.29, 1.82) is 0 Å². The van der Waals surface area contributed by atoms with Crippen LogP contribution in [0, 0.1) is 0 Å². The molecular formula is C18H17N5O2S. The predicted octanol–water partition coefficient (Wildman–Crippen LogP) is 2.87. The molecule has 8 heteroatoms. The lowest BCUT2D eigenvalue weighted by Gasteiger charge is -2.20. The van der Waals surface area contributed by atoms with E-state index < -0.39 is 0 Å². The Kier molecular flexibility index (Phi) is 4.49. The van der Waals surface area contributed by atoms with E-state index in [0.29, 0.717) is 24.2 Å². The second kappa shape index (κ2) is 7.09. The van der Waals surface area contributed by atoms with Crippen LogP contribution >= 0.6 is 11.7 Å². The number of hydrogen-bond acceptors (Lipinski definition) is 6. The Morgan fingerprint density at radius 2 is 1.96 bits per heavy atom. The first-order valence-electron chi connectivity index (χ1n) is 8.37. The van der Waals surface area contributed by atoms with Crippen molar-refractivity contribution < 1.29 is 9.59 Å². The summed E-state index contributed by atoms with van der Waals surface area (Å²) in [6, 6.07) is 13.0. The standard InChI is InChI=1S/C18H17N5O2S/c24-16(20-13-6-3-7-14-18(13)22-26-21-14)11-19-12-5-1-2-8-15(12)23-10-4-9-17(23)25/h1-3,5-8,19H,4,9-11H2,(H,20,24). The highest BCUT2D eigenvalue weighted by molar-refractivity contribution is 7.00. The number of anilines is 3. The molecule has 2 heterocycles. The van der Waals surface area contributed by atoms with Crippen molar-refractivity contribution in [1.82, 2.24) is 8.75 Å². The lowest BCUT2D eigenvalue weighted by atomic mass is 10.2. The molecule has 1 saturated heterocycles. The lowest BCUT2D eigenvalue weighted by Crippen LogP contribution is -2.26. The summed E-state index contributed by atoms with van der Waals surface area (Å²) >= 11 is 1.12. The van der Waals surface area contributed by atoms with Crippen molar-refractivity contribution in [3.05, 3.63) is 42.5 Å². The number of para-hydroxylation sites is 2. The van der Waals surface area contributed by atoms with Crippen molar-refractivity contribution in [3.8, 4) is 0 Å². The number of nitrogens with one attached hydrogen (secondary N) is 2. The fourth-order valence-electron chi connectivity index (χ4n) is 3.04. The molecule has 0 spiro atoms. The Morgan fingerprint density at radius 1 is 1.12 bits per heavy atom. The van der Waals surface area contributed by atoms with Gasteiger partial charge in [0.15, 0.2) is 0 Å². The molecule has 0 aliphatic carbocycles. The normalized spacial score (nSPS) is 14.0. The van der Waals surface area contributed by atoms with Crippen LogP contribution in [0.3, 0.4) is 0 Å². The lowest BCUT2D eigenvalue weighted by molar-refractivity contribution is -0.117. The van der Waals surface area contributed by atoms with Crippen molar-refractivity contribution >= 4 is 51.6 Å². The Labute approximate surface area is 154 Å². The molecule has 132 valence electrons. The maximum absolute atomic E-state index is 12.3. The predicted molar refractivity (Wildman–Crippen MR) is 103 cm³/mol. The summed E-state index contributed by atoms with van der Waals surface area (Å²) in [5.74, 6) is -0.0699. The topological polar surface area (TPSA) is 87.2 Å². The van der Waals surface area contributed by atoms with Crippen LogP contribution in [0.4, 0.5) is 17.1 Å². The third kappa shape index (κ3) is 3.23. The summed E-state index contributed by atoms with van der Waals surface area (Å²) in [5, 5.41) is 5.99. The third-order valence-electron chi connectivity index (χ3n) is 4.27. The van der Waals surface area contributed by atoms with E-state index in [1.807, 2.05) is 36.4 Å². The molecule has 2 amide bonds. The van der Waals surface area contributed by atoms with Crippen molar-refractivity contribution in [2.45, 2.75) is 12.8 Å². The van der Waals surface area contributed by atoms with Gasteiger partial charge in [0.1, 0.15) is 11.0 Å². The largest absolute Gasteiger partial charge is 0.374 e. The summed E-state index contributed by atoms with van der Waals surface area (Å²) < 4.78 is 8.39. The molecule has 4 rings (SSSR count). The van der Waals surface area contributed by atoms with Gasteiger partial charge in [-0.1, -0.05) is 18.2 Å². The first-order chi connectivity index (χ1) is 12.7. The van der Waals surface area contributed by atoms with Gasteiger partial charge in [-0.15, -0.1) is 0 Å². The van der Waals surface area contributed by atoms with Crippen LogP contribution in [0.25, 0.3) is 11.0 Å². The Hall–Kier alpha value is -3.00. The van der Waals surface area contributed by atoms with Crippen LogP contribution in [0.2, 0.25) is 0 Å². The van der Waals surface area contributed by atoms with Crippen LogP contribution in [-0.2, 0) is 9.59 Å². The molecule has 0 radical (unpaired) electrons. The molecular weight excluding hydrogens is 350 g/mol. The number of nitrogens with zero attached hydrogens (tertiary/aromatic N) is 3. The van der Waals surface area contributed by atoms with Crippen molar-refractivity contribution in [3.63, 3.8) is 0 Å². The summed E-state index contributed by atoms with van der Waals surface area (Å²) in [7, 11) is 0. The fourth-order valence-corrected chi connectivity index (χ4v) is 3.59. The molecule has 2 aromatic carbocycles. The zero-order valence-corrected chi connectivity index (χ0v) is 14.8. The minimum absolute atomic E-state index is 0.0903. The molecule has 26 heavy (non-hydrogen) atoms. The molecule has 0 saturated carbocycles. The Bertz CT molecular complexity index is 971. The van der Waals surface area contributed by atoms with Gasteiger partial charge in [0.2, 0.25) is 11.8 Å². The van der Waals surface area contributed by atoms with Gasteiger partial charge in [-0.2, -0.15) is 8.75 Å². The minimum atomic E-state index is -0.187. The number of carbonyl (C=O) groups is 2. The van der Waals surface area contributed by atoms with Gasteiger partial charge in [0, 0.05) is 13.0 Å². The molecule has 1 aliphatic rings. The summed E-state index contributed by atoms with van der Waals surface area (Å²) in [6.45, 7) is 0.801. The smallest absolute Gasteiger partial charge is 0.243 e. The van der Waals surface area contributed by atoms with Crippen LogP contribution in [-0.4, -0.2) is 33.7 Å². The minimum Gasteiger partial charge on any atom is -0.374 e. The molecule has 2 N–H and O–H groups in total. The van der Waals surface area contributed by atoms with Crippen LogP contribution in [0.1, 0.15) is 12.8 Å². The molecule has 1 fully saturated rings. The Balaban J connectivity index is 1.45. The second-order valence-corrected chi connectivity index (χ2v) is 6.53. The first-order valence-corrected chi connectivity index (χ1v) is 9.10. The summed E-state index contributed by atoms with van der Waals surface area (Å²) in [5.41, 5.74) is 3.68. The number of rotatable bonds is 5. The van der Waals surface area contributed by atoms with E-state index in [-0.39, 0.29) is 18.4 Å². The van der Waals surface area contributed by atoms with Gasteiger partial charge in [-0.3, -0.25) is 9.59 Å². The quantitative estimate of drug-likeness (QED) is 0.724. The molecule has 3 aromatic rings. The average molecular weight is 367 g/mol. The highest BCUT2D eigenvalue weighted by atomic mass is 32.1. The highest BCUT2D eigenvalue weighted by Crippen LogP contribution is 2.29. The number of hydrogen-bond donors (Lipinski definition) is 2. The molecule has 1 aliphatic heterocycles. The summed E-state index contributed by atoms with van der Waals surface area (Å²) in [6.07, 6.45) is 1.43. The monoisotopic (exact) mass is 367 g/mol. The van der Waals surface area contributed by atoms with Crippen molar-refractivity contribution in [2.24, 2.45) is 0 Å². The zero-order chi connectivity index (χ0) is 17.9. The first kappa shape index (κ1) is 16.5.